The summed E-state index contributed by atoms with van der Waals surface area (Å²) in [7, 11) is 3.04. The Morgan fingerprint density at radius 1 is 1.26 bits per heavy atom. The number of aryl methyl sites for hydroxylation is 1. The van der Waals surface area contributed by atoms with Gasteiger partial charge in [-0.15, -0.1) is 11.3 Å². The molecular formula is C17H21NO4S. The molecule has 1 aromatic carbocycles. The van der Waals surface area contributed by atoms with Crippen LogP contribution in [-0.4, -0.2) is 25.2 Å². The second-order valence-electron chi connectivity index (χ2n) is 5.04. The molecule has 6 heteroatoms. The third-order valence-electron chi connectivity index (χ3n) is 3.38. The Balaban J connectivity index is 1.84. The average molecular weight is 335 g/mol. The van der Waals surface area contributed by atoms with Gasteiger partial charge < -0.3 is 14.2 Å². The van der Waals surface area contributed by atoms with Gasteiger partial charge in [0.2, 0.25) is 0 Å². The fourth-order valence-corrected chi connectivity index (χ4v) is 2.89. The van der Waals surface area contributed by atoms with Crippen LogP contribution in [0.15, 0.2) is 30.5 Å². The molecule has 0 saturated heterocycles. The number of benzene rings is 1. The van der Waals surface area contributed by atoms with Crippen LogP contribution in [0.2, 0.25) is 0 Å². The van der Waals surface area contributed by atoms with E-state index in [1.54, 1.807) is 24.6 Å². The van der Waals surface area contributed by atoms with Crippen molar-refractivity contribution in [3.05, 3.63) is 45.9 Å². The molecule has 23 heavy (non-hydrogen) atoms. The van der Waals surface area contributed by atoms with Crippen molar-refractivity contribution >= 4 is 17.3 Å². The number of thiazole rings is 1. The average Bonchev–Trinajstić information content (AvgIpc) is 3.07. The number of rotatable bonds is 8. The predicted octanol–water partition coefficient (Wildman–Crippen LogP) is 3.54. The highest BCUT2D eigenvalue weighted by Crippen LogP contribution is 2.25. The first-order chi connectivity index (χ1) is 11.1. The standard InChI is InChI=1S/C17H21NO4S/c1-12(22-11-13-4-6-14(20-2)7-5-13)17-18-10-15(23-17)8-9-16(19)21-3/h4-7,10,12H,8-9,11H2,1-3H3. The summed E-state index contributed by atoms with van der Waals surface area (Å²) in [6, 6.07) is 7.79. The second kappa shape index (κ2) is 8.64. The van der Waals surface area contributed by atoms with Crippen molar-refractivity contribution in [2.45, 2.75) is 32.5 Å². The Morgan fingerprint density at radius 2 is 2.00 bits per heavy atom. The van der Waals surface area contributed by atoms with E-state index in [9.17, 15) is 4.79 Å². The molecule has 1 atom stereocenters. The number of ether oxygens (including phenoxy) is 3. The van der Waals surface area contributed by atoms with Crippen molar-refractivity contribution in [2.75, 3.05) is 14.2 Å². The van der Waals surface area contributed by atoms with E-state index in [4.69, 9.17) is 9.47 Å². The molecule has 1 heterocycles. The van der Waals surface area contributed by atoms with E-state index in [-0.39, 0.29) is 12.1 Å². The number of carbonyl (C=O) groups excluding carboxylic acids is 1. The van der Waals surface area contributed by atoms with Crippen molar-refractivity contribution in [1.29, 1.82) is 0 Å². The van der Waals surface area contributed by atoms with Gasteiger partial charge in [-0.25, -0.2) is 4.98 Å². The van der Waals surface area contributed by atoms with Crippen LogP contribution in [0, 0.1) is 0 Å². The summed E-state index contributed by atoms with van der Waals surface area (Å²) in [4.78, 5) is 16.6. The minimum absolute atomic E-state index is 0.0889. The Kier molecular flexibility index (Phi) is 6.55. The lowest BCUT2D eigenvalue weighted by Gasteiger charge is -2.10. The zero-order valence-electron chi connectivity index (χ0n) is 13.6. The molecule has 2 rings (SSSR count). The first-order valence-corrected chi connectivity index (χ1v) is 8.20. The van der Waals surface area contributed by atoms with Gasteiger partial charge in [0.15, 0.2) is 0 Å². The molecule has 124 valence electrons. The minimum atomic E-state index is -0.205. The molecule has 0 radical (unpaired) electrons. The normalized spacial score (nSPS) is 12.0. The molecule has 1 unspecified atom stereocenters. The van der Waals surface area contributed by atoms with Gasteiger partial charge in [-0.3, -0.25) is 4.79 Å². The van der Waals surface area contributed by atoms with E-state index in [1.807, 2.05) is 31.2 Å². The van der Waals surface area contributed by atoms with Crippen molar-refractivity contribution in [3.63, 3.8) is 0 Å². The third-order valence-corrected chi connectivity index (χ3v) is 4.60. The highest BCUT2D eigenvalue weighted by atomic mass is 32.1. The van der Waals surface area contributed by atoms with Gasteiger partial charge in [0, 0.05) is 11.1 Å². The van der Waals surface area contributed by atoms with E-state index >= 15 is 0 Å². The highest BCUT2D eigenvalue weighted by Gasteiger charge is 2.12. The molecule has 0 aliphatic carbocycles. The second-order valence-corrected chi connectivity index (χ2v) is 6.19. The minimum Gasteiger partial charge on any atom is -0.497 e. The van der Waals surface area contributed by atoms with Gasteiger partial charge in [-0.2, -0.15) is 0 Å². The molecule has 0 bridgehead atoms. The molecule has 0 aliphatic rings. The van der Waals surface area contributed by atoms with Crippen LogP contribution in [0.3, 0.4) is 0 Å². The van der Waals surface area contributed by atoms with Gasteiger partial charge in [-0.05, 0) is 31.0 Å². The molecule has 0 fully saturated rings. The number of methoxy groups -OCH3 is 2. The number of nitrogens with zero attached hydrogens (tertiary/aromatic N) is 1. The lowest BCUT2D eigenvalue weighted by Crippen LogP contribution is -2.01. The molecule has 0 spiro atoms. The monoisotopic (exact) mass is 335 g/mol. The fourth-order valence-electron chi connectivity index (χ4n) is 1.97. The Hall–Kier alpha value is -1.92. The number of aromatic nitrogens is 1. The SMILES string of the molecule is COC(=O)CCc1cnc(C(C)OCc2ccc(OC)cc2)s1. The highest BCUT2D eigenvalue weighted by molar-refractivity contribution is 7.11. The van der Waals surface area contributed by atoms with Crippen LogP contribution in [0.5, 0.6) is 5.75 Å². The predicted molar refractivity (Wildman–Crippen MR) is 88.6 cm³/mol. The van der Waals surface area contributed by atoms with Crippen molar-refractivity contribution in [2.24, 2.45) is 0 Å². The zero-order valence-corrected chi connectivity index (χ0v) is 14.4. The van der Waals surface area contributed by atoms with Gasteiger partial charge in [0.1, 0.15) is 16.9 Å². The van der Waals surface area contributed by atoms with Gasteiger partial charge >= 0.3 is 5.97 Å². The van der Waals surface area contributed by atoms with Gasteiger partial charge in [0.25, 0.3) is 0 Å². The number of hydrogen-bond acceptors (Lipinski definition) is 6. The Labute approximate surface area is 140 Å². The Bertz CT molecular complexity index is 624. The third kappa shape index (κ3) is 5.33. The molecular weight excluding hydrogens is 314 g/mol. The summed E-state index contributed by atoms with van der Waals surface area (Å²) in [5, 5.41) is 0.915. The maximum absolute atomic E-state index is 11.2. The molecule has 1 aromatic heterocycles. The van der Waals surface area contributed by atoms with Crippen molar-refractivity contribution < 1.29 is 19.0 Å². The summed E-state index contributed by atoms with van der Waals surface area (Å²) < 4.78 is 15.6. The summed E-state index contributed by atoms with van der Waals surface area (Å²) in [6.07, 6.45) is 2.74. The summed E-state index contributed by atoms with van der Waals surface area (Å²) >= 11 is 1.57. The molecule has 0 N–H and O–H groups in total. The van der Waals surface area contributed by atoms with E-state index in [0.717, 1.165) is 21.2 Å². The molecule has 5 nitrogen and oxygen atoms in total. The smallest absolute Gasteiger partial charge is 0.305 e. The van der Waals surface area contributed by atoms with E-state index in [1.165, 1.54) is 7.11 Å². The van der Waals surface area contributed by atoms with Crippen molar-refractivity contribution in [1.82, 2.24) is 4.98 Å². The zero-order chi connectivity index (χ0) is 16.7. The number of esters is 1. The topological polar surface area (TPSA) is 57.7 Å². The summed E-state index contributed by atoms with van der Waals surface area (Å²) in [5.74, 6) is 0.626. The lowest BCUT2D eigenvalue weighted by molar-refractivity contribution is -0.140. The molecule has 0 amide bonds. The first-order valence-electron chi connectivity index (χ1n) is 7.38. The van der Waals surface area contributed by atoms with Crippen LogP contribution in [-0.2, 0) is 27.3 Å². The summed E-state index contributed by atoms with van der Waals surface area (Å²) in [5.41, 5.74) is 1.08. The van der Waals surface area contributed by atoms with E-state index in [0.29, 0.717) is 19.4 Å². The van der Waals surface area contributed by atoms with Crippen LogP contribution >= 0.6 is 11.3 Å². The van der Waals surface area contributed by atoms with Crippen LogP contribution in [0.4, 0.5) is 0 Å². The van der Waals surface area contributed by atoms with Crippen molar-refractivity contribution in [3.8, 4) is 5.75 Å². The van der Waals surface area contributed by atoms with Gasteiger partial charge in [0.05, 0.1) is 27.2 Å². The maximum atomic E-state index is 11.2. The first kappa shape index (κ1) is 17.4. The number of hydrogen-bond donors (Lipinski definition) is 0. The van der Waals surface area contributed by atoms with Gasteiger partial charge in [-0.1, -0.05) is 12.1 Å². The lowest BCUT2D eigenvalue weighted by atomic mass is 10.2. The maximum Gasteiger partial charge on any atom is 0.305 e. The number of carbonyl (C=O) groups is 1. The largest absolute Gasteiger partial charge is 0.497 e. The van der Waals surface area contributed by atoms with Crippen LogP contribution < -0.4 is 4.74 Å². The van der Waals surface area contributed by atoms with E-state index < -0.39 is 0 Å². The van der Waals surface area contributed by atoms with Crippen LogP contribution in [0.1, 0.15) is 34.9 Å². The summed E-state index contributed by atoms with van der Waals surface area (Å²) in [6.45, 7) is 2.49. The van der Waals surface area contributed by atoms with Crippen LogP contribution in [0.25, 0.3) is 0 Å². The quantitative estimate of drug-likeness (QED) is 0.691. The van der Waals surface area contributed by atoms with E-state index in [2.05, 4.69) is 9.72 Å². The Morgan fingerprint density at radius 3 is 2.65 bits per heavy atom. The molecule has 0 aliphatic heterocycles. The molecule has 0 saturated carbocycles. The molecule has 2 aromatic rings. The fraction of sp³-hybridized carbons (Fsp3) is 0.412.